The van der Waals surface area contributed by atoms with Gasteiger partial charge in [-0.05, 0) is 49.2 Å². The maximum absolute atomic E-state index is 14.9. The first-order valence-corrected chi connectivity index (χ1v) is 19.0. The SMILES string of the molecule is COc1cccc(Oc2ccc(-c3nn(C4CCCCC4)c4ncnc(N=P(c5ccccc5)(c5ccccc5)c5ccccc5)c34)cc2)c1F. The van der Waals surface area contributed by atoms with Gasteiger partial charge in [-0.25, -0.2) is 19.4 Å². The van der Waals surface area contributed by atoms with Crippen LogP contribution in [0.5, 0.6) is 17.2 Å². The highest BCUT2D eigenvalue weighted by molar-refractivity contribution is 7.87. The van der Waals surface area contributed by atoms with Gasteiger partial charge in [0.25, 0.3) is 0 Å². The number of benzene rings is 5. The van der Waals surface area contributed by atoms with E-state index < -0.39 is 12.9 Å². The number of halogens is 1. The molecule has 0 N–H and O–H groups in total. The number of ether oxygens (including phenoxy) is 2. The van der Waals surface area contributed by atoms with Crippen molar-refractivity contribution in [1.29, 1.82) is 0 Å². The largest absolute Gasteiger partial charge is 0.494 e. The highest BCUT2D eigenvalue weighted by Crippen LogP contribution is 2.51. The predicted molar refractivity (Wildman–Crippen MR) is 203 cm³/mol. The number of fused-ring (bicyclic) bond motifs is 1. The van der Waals surface area contributed by atoms with E-state index in [1.165, 1.54) is 13.5 Å². The summed E-state index contributed by atoms with van der Waals surface area (Å²) in [4.78, 5) is 9.81. The molecule has 0 bridgehead atoms. The van der Waals surface area contributed by atoms with Crippen LogP contribution in [0.3, 0.4) is 0 Å². The minimum absolute atomic E-state index is 0.0895. The fraction of sp³-hybridized carbons (Fsp3) is 0.167. The fourth-order valence-electron chi connectivity index (χ4n) is 7.04. The Morgan fingerprint density at radius 2 is 1.27 bits per heavy atom. The fourth-order valence-corrected chi connectivity index (χ4v) is 10.5. The van der Waals surface area contributed by atoms with Gasteiger partial charge in [-0.1, -0.05) is 116 Å². The topological polar surface area (TPSA) is 74.4 Å². The third-order valence-electron chi connectivity index (χ3n) is 9.53. The summed E-state index contributed by atoms with van der Waals surface area (Å²) in [5.41, 5.74) is 2.39. The summed E-state index contributed by atoms with van der Waals surface area (Å²) in [6.07, 6.45) is 7.25. The molecule has 5 aromatic carbocycles. The zero-order valence-corrected chi connectivity index (χ0v) is 29.2. The summed E-state index contributed by atoms with van der Waals surface area (Å²) >= 11 is 0. The Balaban J connectivity index is 1.35. The van der Waals surface area contributed by atoms with E-state index >= 15 is 0 Å². The molecule has 0 atom stereocenters. The van der Waals surface area contributed by atoms with Crippen LogP contribution < -0.4 is 25.4 Å². The maximum Gasteiger partial charge on any atom is 0.207 e. The zero-order chi connectivity index (χ0) is 34.6. The molecule has 2 aromatic heterocycles. The second-order valence-electron chi connectivity index (χ2n) is 12.6. The molecule has 2 heterocycles. The summed E-state index contributed by atoms with van der Waals surface area (Å²) in [6.45, 7) is 0. The van der Waals surface area contributed by atoms with E-state index in [4.69, 9.17) is 29.3 Å². The van der Waals surface area contributed by atoms with Gasteiger partial charge in [0, 0.05) is 21.5 Å². The van der Waals surface area contributed by atoms with Crippen molar-refractivity contribution in [3.05, 3.63) is 146 Å². The Morgan fingerprint density at radius 3 is 1.86 bits per heavy atom. The van der Waals surface area contributed by atoms with Crippen LogP contribution in [-0.2, 0) is 0 Å². The first-order chi connectivity index (χ1) is 25.2. The molecular formula is C42H37FN5O2P. The van der Waals surface area contributed by atoms with Crippen molar-refractivity contribution >= 4 is 39.8 Å². The van der Waals surface area contributed by atoms with Crippen LogP contribution in [0.2, 0.25) is 0 Å². The molecule has 1 saturated carbocycles. The molecular weight excluding hydrogens is 656 g/mol. The van der Waals surface area contributed by atoms with Crippen molar-refractivity contribution in [3.63, 3.8) is 0 Å². The Kier molecular flexibility index (Phi) is 9.16. The molecule has 8 rings (SSSR count). The molecule has 1 fully saturated rings. The van der Waals surface area contributed by atoms with Crippen LogP contribution in [0.1, 0.15) is 38.1 Å². The van der Waals surface area contributed by atoms with Gasteiger partial charge in [0.1, 0.15) is 17.8 Å². The summed E-state index contributed by atoms with van der Waals surface area (Å²) in [5.74, 6) is 0.755. The van der Waals surface area contributed by atoms with Gasteiger partial charge in [0.2, 0.25) is 5.82 Å². The quantitative estimate of drug-likeness (QED) is 0.141. The van der Waals surface area contributed by atoms with Gasteiger partial charge >= 0.3 is 0 Å². The van der Waals surface area contributed by atoms with E-state index in [9.17, 15) is 4.39 Å². The average Bonchev–Trinajstić information content (AvgIpc) is 3.60. The summed E-state index contributed by atoms with van der Waals surface area (Å²) in [5, 5.41) is 9.48. The van der Waals surface area contributed by atoms with Gasteiger partial charge in [-0.2, -0.15) is 9.49 Å². The first kappa shape index (κ1) is 32.6. The van der Waals surface area contributed by atoms with E-state index in [0.717, 1.165) is 63.9 Å². The summed E-state index contributed by atoms with van der Waals surface area (Å²) in [6, 6.07) is 44.3. The molecule has 1 aliphatic carbocycles. The lowest BCUT2D eigenvalue weighted by Crippen LogP contribution is -2.25. The number of rotatable bonds is 9. The number of methoxy groups -OCH3 is 1. The highest BCUT2D eigenvalue weighted by atomic mass is 31.2. The van der Waals surface area contributed by atoms with Crippen LogP contribution in [0, 0.1) is 5.82 Å². The van der Waals surface area contributed by atoms with Gasteiger partial charge in [-0.15, -0.1) is 0 Å². The van der Waals surface area contributed by atoms with Crippen molar-refractivity contribution in [3.8, 4) is 28.5 Å². The Bertz CT molecular complexity index is 2220. The van der Waals surface area contributed by atoms with Gasteiger partial charge in [0.15, 0.2) is 23.0 Å². The van der Waals surface area contributed by atoms with Crippen molar-refractivity contribution in [1.82, 2.24) is 19.7 Å². The van der Waals surface area contributed by atoms with Crippen LogP contribution in [0.25, 0.3) is 22.3 Å². The normalized spacial score (nSPS) is 13.6. The Hall–Kier alpha value is -5.59. The van der Waals surface area contributed by atoms with Crippen LogP contribution in [0.4, 0.5) is 10.2 Å². The molecule has 254 valence electrons. The van der Waals surface area contributed by atoms with Crippen molar-refractivity contribution in [2.75, 3.05) is 7.11 Å². The molecule has 0 amide bonds. The number of hydrogen-bond acceptors (Lipinski definition) is 6. The lowest BCUT2D eigenvalue weighted by Gasteiger charge is -2.26. The lowest BCUT2D eigenvalue weighted by atomic mass is 9.96. The van der Waals surface area contributed by atoms with E-state index in [-0.39, 0.29) is 17.5 Å². The molecule has 0 aliphatic heterocycles. The molecule has 7 aromatic rings. The number of aromatic nitrogens is 4. The molecule has 0 spiro atoms. The predicted octanol–water partition coefficient (Wildman–Crippen LogP) is 9.75. The molecule has 0 saturated heterocycles. The second kappa shape index (κ2) is 14.3. The van der Waals surface area contributed by atoms with E-state index in [2.05, 4.69) is 77.5 Å². The van der Waals surface area contributed by atoms with Gasteiger partial charge in [0.05, 0.1) is 25.6 Å². The monoisotopic (exact) mass is 693 g/mol. The van der Waals surface area contributed by atoms with Crippen molar-refractivity contribution in [2.45, 2.75) is 38.1 Å². The Labute approximate surface area is 296 Å². The second-order valence-corrected chi connectivity index (χ2v) is 15.6. The van der Waals surface area contributed by atoms with Crippen molar-refractivity contribution < 1.29 is 13.9 Å². The standard InChI is InChI=1S/C42H37FN5O2P/c1-49-36-23-14-24-37(39(36)43)50-32-27-25-30(26-28-32)40-38-41(44-29-45-42(38)48(46-40)31-15-6-2-7-16-31)47-51(33-17-8-3-9-18-33,34-19-10-4-11-20-34)35-21-12-5-13-22-35/h3-5,8-14,17-29,31H,2,6-7,15-16H2,1H3. The minimum atomic E-state index is -2.64. The summed E-state index contributed by atoms with van der Waals surface area (Å²) in [7, 11) is -1.21. The van der Waals surface area contributed by atoms with Crippen molar-refractivity contribution in [2.24, 2.45) is 4.74 Å². The zero-order valence-electron chi connectivity index (χ0n) is 28.3. The lowest BCUT2D eigenvalue weighted by molar-refractivity contribution is 0.336. The molecule has 7 nitrogen and oxygen atoms in total. The molecule has 0 unspecified atom stereocenters. The third-order valence-corrected chi connectivity index (χ3v) is 13.2. The van der Waals surface area contributed by atoms with Crippen LogP contribution >= 0.6 is 7.05 Å². The first-order valence-electron chi connectivity index (χ1n) is 17.3. The third kappa shape index (κ3) is 6.21. The molecule has 0 radical (unpaired) electrons. The molecule has 9 heteroatoms. The van der Waals surface area contributed by atoms with E-state index in [1.54, 1.807) is 24.5 Å². The van der Waals surface area contributed by atoms with Gasteiger partial charge < -0.3 is 9.47 Å². The maximum atomic E-state index is 14.9. The van der Waals surface area contributed by atoms with E-state index in [1.807, 2.05) is 42.5 Å². The Morgan fingerprint density at radius 1 is 0.686 bits per heavy atom. The average molecular weight is 694 g/mol. The van der Waals surface area contributed by atoms with Crippen LogP contribution in [0.15, 0.2) is 145 Å². The highest BCUT2D eigenvalue weighted by Gasteiger charge is 2.30. The number of hydrogen-bond donors (Lipinski definition) is 0. The summed E-state index contributed by atoms with van der Waals surface area (Å²) < 4.78 is 33.9. The minimum Gasteiger partial charge on any atom is -0.494 e. The molecule has 1 aliphatic rings. The number of nitrogens with zero attached hydrogens (tertiary/aromatic N) is 5. The van der Waals surface area contributed by atoms with E-state index in [0.29, 0.717) is 11.6 Å². The van der Waals surface area contributed by atoms with Crippen LogP contribution in [-0.4, -0.2) is 26.9 Å². The smallest absolute Gasteiger partial charge is 0.207 e. The molecule has 51 heavy (non-hydrogen) atoms. The van der Waals surface area contributed by atoms with Gasteiger partial charge in [-0.3, -0.25) is 0 Å².